The van der Waals surface area contributed by atoms with Gasteiger partial charge in [-0.3, -0.25) is 0 Å². The van der Waals surface area contributed by atoms with Crippen molar-refractivity contribution in [1.82, 2.24) is 0 Å². The first-order valence-electron chi connectivity index (χ1n) is 3.22. The summed E-state index contributed by atoms with van der Waals surface area (Å²) in [6.45, 7) is 0. The highest BCUT2D eigenvalue weighted by molar-refractivity contribution is 5.69. The third kappa shape index (κ3) is 0.778. The van der Waals surface area contributed by atoms with Crippen molar-refractivity contribution in [2.45, 2.75) is 0 Å². The summed E-state index contributed by atoms with van der Waals surface area (Å²) in [7, 11) is 0. The van der Waals surface area contributed by atoms with Crippen LogP contribution in [0.25, 0.3) is 0 Å². The summed E-state index contributed by atoms with van der Waals surface area (Å²) < 4.78 is 0. The molecule has 1 atom stereocenters. The van der Waals surface area contributed by atoms with Crippen LogP contribution in [-0.4, -0.2) is 6.21 Å². The van der Waals surface area contributed by atoms with E-state index in [1.807, 2.05) is 30.4 Å². The van der Waals surface area contributed by atoms with E-state index >= 15 is 0 Å². The molecule has 0 spiro atoms. The Labute approximate surface area is 59.2 Å². The van der Waals surface area contributed by atoms with Gasteiger partial charge in [0.1, 0.15) is 5.76 Å². The van der Waals surface area contributed by atoms with E-state index < -0.39 is 0 Å². The molecule has 0 N–H and O–H groups in total. The van der Waals surface area contributed by atoms with E-state index in [2.05, 4.69) is 5.16 Å². The first-order chi connectivity index (χ1) is 4.97. The van der Waals surface area contributed by atoms with Crippen molar-refractivity contribution in [3.8, 4) is 0 Å². The average Bonchev–Trinajstić information content (AvgIpc) is 2.28. The Kier molecular flexibility index (Phi) is 1.17. The number of hydrogen-bond acceptors (Lipinski definition) is 2. The third-order valence-corrected chi connectivity index (χ3v) is 1.51. The van der Waals surface area contributed by atoms with E-state index in [0.29, 0.717) is 0 Å². The summed E-state index contributed by atoms with van der Waals surface area (Å²) in [5.41, 5.74) is 0. The molecule has 1 aliphatic heterocycles. The van der Waals surface area contributed by atoms with Gasteiger partial charge in [0.15, 0.2) is 0 Å². The average molecular weight is 133 g/mol. The molecule has 0 aromatic rings. The molecule has 2 heteroatoms. The fourth-order valence-electron chi connectivity index (χ4n) is 0.976. The van der Waals surface area contributed by atoms with Gasteiger partial charge >= 0.3 is 0 Å². The highest BCUT2D eigenvalue weighted by atomic mass is 16.6. The summed E-state index contributed by atoms with van der Waals surface area (Å²) in [4.78, 5) is 4.96. The number of nitrogens with zero attached hydrogens (tertiary/aromatic N) is 1. The lowest BCUT2D eigenvalue weighted by Gasteiger charge is -1.97. The van der Waals surface area contributed by atoms with Gasteiger partial charge in [-0.2, -0.15) is 0 Å². The normalized spacial score (nSPS) is 27.2. The van der Waals surface area contributed by atoms with Gasteiger partial charge < -0.3 is 4.84 Å². The number of rotatable bonds is 0. The molecule has 0 saturated heterocycles. The summed E-state index contributed by atoms with van der Waals surface area (Å²) >= 11 is 0. The topological polar surface area (TPSA) is 21.6 Å². The Morgan fingerprint density at radius 2 is 2.30 bits per heavy atom. The third-order valence-electron chi connectivity index (χ3n) is 1.51. The number of oxime groups is 1. The Bertz CT molecular complexity index is 248. The summed E-state index contributed by atoms with van der Waals surface area (Å²) in [6, 6.07) is 0. The van der Waals surface area contributed by atoms with Crippen molar-refractivity contribution in [3.63, 3.8) is 0 Å². The first-order valence-corrected chi connectivity index (χ1v) is 3.22. The van der Waals surface area contributed by atoms with Crippen LogP contribution in [0.15, 0.2) is 41.3 Å². The molecule has 2 nitrogen and oxygen atoms in total. The van der Waals surface area contributed by atoms with E-state index in [-0.39, 0.29) is 5.92 Å². The lowest BCUT2D eigenvalue weighted by Crippen LogP contribution is -1.94. The molecule has 0 fully saturated rings. The van der Waals surface area contributed by atoms with E-state index in [1.54, 1.807) is 6.21 Å². The standard InChI is InChI=1S/C8H7NO/c1-2-4-7-6-9-10-8(7)5-3-1/h1-7H. The second-order valence-corrected chi connectivity index (χ2v) is 2.21. The maximum atomic E-state index is 4.96. The predicted molar refractivity (Wildman–Crippen MR) is 39.4 cm³/mol. The number of allylic oxidation sites excluding steroid dienone is 5. The molecule has 1 aliphatic carbocycles. The number of fused-ring (bicyclic) bond motifs is 1. The lowest BCUT2D eigenvalue weighted by molar-refractivity contribution is 0.237. The van der Waals surface area contributed by atoms with Gasteiger partial charge in [0.2, 0.25) is 0 Å². The molecule has 0 aromatic heterocycles. The van der Waals surface area contributed by atoms with Crippen LogP contribution in [0, 0.1) is 5.92 Å². The molecule has 1 heterocycles. The minimum Gasteiger partial charge on any atom is -0.361 e. The van der Waals surface area contributed by atoms with Crippen LogP contribution in [0.3, 0.4) is 0 Å². The zero-order valence-corrected chi connectivity index (χ0v) is 5.40. The molecular formula is C8H7NO. The van der Waals surface area contributed by atoms with Gasteiger partial charge in [0.25, 0.3) is 0 Å². The molecule has 0 saturated carbocycles. The maximum Gasteiger partial charge on any atom is 0.147 e. The zero-order valence-electron chi connectivity index (χ0n) is 5.40. The van der Waals surface area contributed by atoms with Crippen LogP contribution in [-0.2, 0) is 4.84 Å². The van der Waals surface area contributed by atoms with Gasteiger partial charge in [-0.05, 0) is 6.08 Å². The van der Waals surface area contributed by atoms with Crippen LogP contribution in [0.1, 0.15) is 0 Å². The van der Waals surface area contributed by atoms with Crippen LogP contribution >= 0.6 is 0 Å². The second kappa shape index (κ2) is 2.14. The minimum absolute atomic E-state index is 0.259. The fraction of sp³-hybridized carbons (Fsp3) is 0.125. The van der Waals surface area contributed by atoms with Crippen LogP contribution < -0.4 is 0 Å². The Morgan fingerprint density at radius 3 is 3.30 bits per heavy atom. The van der Waals surface area contributed by atoms with Gasteiger partial charge in [0, 0.05) is 0 Å². The van der Waals surface area contributed by atoms with Crippen LogP contribution in [0.4, 0.5) is 0 Å². The second-order valence-electron chi connectivity index (χ2n) is 2.21. The SMILES string of the molecule is C1=CC=C2ON=CC2C=C1. The van der Waals surface area contributed by atoms with Gasteiger partial charge in [-0.15, -0.1) is 0 Å². The van der Waals surface area contributed by atoms with Crippen molar-refractivity contribution < 1.29 is 4.84 Å². The maximum absolute atomic E-state index is 4.96. The van der Waals surface area contributed by atoms with Gasteiger partial charge in [-0.1, -0.05) is 29.5 Å². The monoisotopic (exact) mass is 133 g/mol. The molecule has 2 rings (SSSR count). The van der Waals surface area contributed by atoms with E-state index in [9.17, 15) is 0 Å². The summed E-state index contributed by atoms with van der Waals surface area (Å²) in [6.07, 6.45) is 11.7. The lowest BCUT2D eigenvalue weighted by atomic mass is 10.1. The predicted octanol–water partition coefficient (Wildman–Crippen LogP) is 1.63. The molecule has 10 heavy (non-hydrogen) atoms. The van der Waals surface area contributed by atoms with Crippen LogP contribution in [0.5, 0.6) is 0 Å². The largest absolute Gasteiger partial charge is 0.361 e. The molecule has 1 unspecified atom stereocenters. The van der Waals surface area contributed by atoms with Crippen molar-refractivity contribution in [3.05, 3.63) is 36.1 Å². The van der Waals surface area contributed by atoms with E-state index in [1.165, 1.54) is 0 Å². The van der Waals surface area contributed by atoms with E-state index in [4.69, 9.17) is 4.84 Å². The molecule has 0 bridgehead atoms. The molecule has 2 aliphatic rings. The Hall–Kier alpha value is -1.31. The number of hydrogen-bond donors (Lipinski definition) is 0. The van der Waals surface area contributed by atoms with Crippen molar-refractivity contribution >= 4 is 6.21 Å². The fourth-order valence-corrected chi connectivity index (χ4v) is 0.976. The summed E-state index contributed by atoms with van der Waals surface area (Å²) in [5, 5.41) is 3.69. The van der Waals surface area contributed by atoms with Gasteiger partial charge in [0.05, 0.1) is 12.1 Å². The smallest absolute Gasteiger partial charge is 0.147 e. The Balaban J connectivity index is 2.35. The first kappa shape index (κ1) is 5.47. The van der Waals surface area contributed by atoms with Crippen molar-refractivity contribution in [1.29, 1.82) is 0 Å². The highest BCUT2D eigenvalue weighted by Crippen LogP contribution is 2.20. The molecule has 0 amide bonds. The molecule has 0 aromatic carbocycles. The zero-order chi connectivity index (χ0) is 6.81. The highest BCUT2D eigenvalue weighted by Gasteiger charge is 2.15. The molecule has 0 radical (unpaired) electrons. The molecular weight excluding hydrogens is 126 g/mol. The quantitative estimate of drug-likeness (QED) is 0.492. The van der Waals surface area contributed by atoms with Crippen molar-refractivity contribution in [2.75, 3.05) is 0 Å². The minimum atomic E-state index is 0.259. The Morgan fingerprint density at radius 1 is 1.30 bits per heavy atom. The van der Waals surface area contributed by atoms with Crippen molar-refractivity contribution in [2.24, 2.45) is 11.1 Å². The molecule has 50 valence electrons. The van der Waals surface area contributed by atoms with Crippen LogP contribution in [0.2, 0.25) is 0 Å². The van der Waals surface area contributed by atoms with Gasteiger partial charge in [-0.25, -0.2) is 0 Å². The van der Waals surface area contributed by atoms with E-state index in [0.717, 1.165) is 5.76 Å². The summed E-state index contributed by atoms with van der Waals surface area (Å²) in [5.74, 6) is 1.17.